The van der Waals surface area contributed by atoms with E-state index < -0.39 is 17.4 Å². The highest BCUT2D eigenvalue weighted by Crippen LogP contribution is 2.30. The summed E-state index contributed by atoms with van der Waals surface area (Å²) in [5.41, 5.74) is 1.99. The number of aryl methyl sites for hydroxylation is 1. The molecule has 0 spiro atoms. The molecule has 2 aromatic carbocycles. The molecule has 164 valence electrons. The maximum absolute atomic E-state index is 12.9. The van der Waals surface area contributed by atoms with Gasteiger partial charge in [0, 0.05) is 17.8 Å². The van der Waals surface area contributed by atoms with E-state index in [0.29, 0.717) is 18.0 Å². The molecule has 0 aliphatic carbocycles. The van der Waals surface area contributed by atoms with Gasteiger partial charge < -0.3 is 20.7 Å². The summed E-state index contributed by atoms with van der Waals surface area (Å²) in [6, 6.07) is 14.4. The fourth-order valence-corrected chi connectivity index (χ4v) is 3.46. The fraction of sp³-hybridized carbons (Fsp3) is 0.217. The van der Waals surface area contributed by atoms with E-state index in [9.17, 15) is 14.4 Å². The van der Waals surface area contributed by atoms with E-state index in [1.807, 2.05) is 38.1 Å². The summed E-state index contributed by atoms with van der Waals surface area (Å²) in [7, 11) is 0. The molecule has 4 N–H and O–H groups in total. The Morgan fingerprint density at radius 2 is 1.78 bits per heavy atom. The molecule has 0 bridgehead atoms. The van der Waals surface area contributed by atoms with E-state index in [-0.39, 0.29) is 29.7 Å². The lowest BCUT2D eigenvalue weighted by atomic mass is 9.92. The molecule has 2 amide bonds. The Kier molecular flexibility index (Phi) is 5.89. The largest absolute Gasteiger partial charge is 0.494 e. The first kappa shape index (κ1) is 21.1. The Morgan fingerprint density at radius 3 is 2.47 bits per heavy atom. The third kappa shape index (κ3) is 4.61. The molecule has 0 radical (unpaired) electrons. The summed E-state index contributed by atoms with van der Waals surface area (Å²) in [5, 5.41) is 8.36. The zero-order chi connectivity index (χ0) is 22.7. The molecule has 0 fully saturated rings. The highest BCUT2D eigenvalue weighted by Gasteiger charge is 2.34. The van der Waals surface area contributed by atoms with Crippen molar-refractivity contribution in [3.63, 3.8) is 0 Å². The number of nitrogens with one attached hydrogen (secondary N) is 4. The van der Waals surface area contributed by atoms with Gasteiger partial charge in [-0.15, -0.1) is 0 Å². The van der Waals surface area contributed by atoms with Gasteiger partial charge in [-0.2, -0.15) is 4.98 Å². The minimum Gasteiger partial charge on any atom is -0.494 e. The maximum Gasteiger partial charge on any atom is 0.258 e. The van der Waals surface area contributed by atoms with Gasteiger partial charge in [0.2, 0.25) is 17.8 Å². The van der Waals surface area contributed by atoms with Crippen LogP contribution in [0.1, 0.15) is 30.4 Å². The highest BCUT2D eigenvalue weighted by molar-refractivity contribution is 6.04. The van der Waals surface area contributed by atoms with Crippen molar-refractivity contribution in [2.45, 2.75) is 26.2 Å². The minimum atomic E-state index is -0.963. The topological polar surface area (TPSA) is 125 Å². The van der Waals surface area contributed by atoms with Gasteiger partial charge in [-0.3, -0.25) is 19.4 Å². The lowest BCUT2D eigenvalue weighted by Crippen LogP contribution is -2.36. The van der Waals surface area contributed by atoms with Crippen LogP contribution in [-0.2, 0) is 9.59 Å². The van der Waals surface area contributed by atoms with Crippen molar-refractivity contribution in [3.05, 3.63) is 70.0 Å². The average Bonchev–Trinajstić information content (AvgIpc) is 2.76. The number of amides is 2. The van der Waals surface area contributed by atoms with Gasteiger partial charge >= 0.3 is 0 Å². The zero-order valence-electron chi connectivity index (χ0n) is 17.7. The maximum atomic E-state index is 12.9. The predicted octanol–water partition coefficient (Wildman–Crippen LogP) is 3.29. The Hall–Kier alpha value is -4.14. The quantitative estimate of drug-likeness (QED) is 0.473. The Bertz CT molecular complexity index is 1200. The van der Waals surface area contributed by atoms with E-state index >= 15 is 0 Å². The second kappa shape index (κ2) is 8.93. The average molecular weight is 433 g/mol. The van der Waals surface area contributed by atoms with Crippen LogP contribution in [0.2, 0.25) is 0 Å². The van der Waals surface area contributed by atoms with Gasteiger partial charge in [0.25, 0.3) is 5.56 Å². The summed E-state index contributed by atoms with van der Waals surface area (Å²) in [5.74, 6) is -0.880. The first-order chi connectivity index (χ1) is 15.4. The molecule has 0 saturated carbocycles. The summed E-state index contributed by atoms with van der Waals surface area (Å²) in [6.45, 7) is 4.39. The molecule has 1 unspecified atom stereocenters. The SMILES string of the molecule is CCOc1ccc(NC(=O)C2CC(=O)Nc3nc(Nc4ccc(C)cc4)[nH]c(=O)c32)cc1. The van der Waals surface area contributed by atoms with Crippen molar-refractivity contribution in [2.24, 2.45) is 0 Å². The normalized spacial score (nSPS) is 14.8. The van der Waals surface area contributed by atoms with Crippen LogP contribution in [0.25, 0.3) is 0 Å². The van der Waals surface area contributed by atoms with Crippen molar-refractivity contribution in [3.8, 4) is 5.75 Å². The number of aromatic nitrogens is 2. The van der Waals surface area contributed by atoms with Crippen molar-refractivity contribution in [1.29, 1.82) is 0 Å². The number of ether oxygens (including phenoxy) is 1. The molecule has 0 saturated heterocycles. The van der Waals surface area contributed by atoms with Crippen molar-refractivity contribution < 1.29 is 14.3 Å². The fourth-order valence-electron chi connectivity index (χ4n) is 3.46. The number of carbonyl (C=O) groups is 2. The van der Waals surface area contributed by atoms with Crippen LogP contribution in [-0.4, -0.2) is 28.4 Å². The monoisotopic (exact) mass is 433 g/mol. The van der Waals surface area contributed by atoms with Crippen LogP contribution in [0.4, 0.5) is 23.1 Å². The Balaban J connectivity index is 1.57. The Labute approximate surface area is 184 Å². The third-order valence-corrected chi connectivity index (χ3v) is 5.01. The molecule has 1 atom stereocenters. The number of benzene rings is 2. The molecule has 9 heteroatoms. The zero-order valence-corrected chi connectivity index (χ0v) is 17.7. The van der Waals surface area contributed by atoms with Crippen LogP contribution < -0.4 is 26.2 Å². The first-order valence-corrected chi connectivity index (χ1v) is 10.2. The van der Waals surface area contributed by atoms with Gasteiger partial charge in [-0.25, -0.2) is 0 Å². The van der Waals surface area contributed by atoms with Crippen LogP contribution in [0.3, 0.4) is 0 Å². The number of aromatic amines is 1. The number of H-pyrrole nitrogens is 1. The lowest BCUT2D eigenvalue weighted by molar-refractivity contribution is -0.123. The number of anilines is 4. The molecule has 2 heterocycles. The molecule has 4 rings (SSSR count). The second-order valence-electron chi connectivity index (χ2n) is 7.42. The van der Waals surface area contributed by atoms with Crippen molar-refractivity contribution >= 4 is 35.0 Å². The molecule has 32 heavy (non-hydrogen) atoms. The minimum absolute atomic E-state index is 0.0754. The smallest absolute Gasteiger partial charge is 0.258 e. The van der Waals surface area contributed by atoms with Gasteiger partial charge in [0.1, 0.15) is 11.6 Å². The van der Waals surface area contributed by atoms with E-state index in [4.69, 9.17) is 4.74 Å². The number of hydrogen-bond donors (Lipinski definition) is 4. The van der Waals surface area contributed by atoms with Crippen LogP contribution in [0, 0.1) is 6.92 Å². The Morgan fingerprint density at radius 1 is 1.09 bits per heavy atom. The standard InChI is InChI=1S/C23H23N5O4/c1-3-32-16-10-8-14(9-11-16)24-21(30)17-12-18(29)26-20-19(17)22(31)28-23(27-20)25-15-6-4-13(2)5-7-15/h4-11,17H,3,12H2,1-2H3,(H,24,30)(H3,25,26,27,28,29,31). The molecule has 1 aromatic heterocycles. The number of fused-ring (bicyclic) bond motifs is 1. The molecule has 1 aliphatic heterocycles. The summed E-state index contributed by atoms with van der Waals surface area (Å²) in [4.78, 5) is 45.0. The molecular weight excluding hydrogens is 410 g/mol. The lowest BCUT2D eigenvalue weighted by Gasteiger charge is -2.23. The van der Waals surface area contributed by atoms with Crippen molar-refractivity contribution in [2.75, 3.05) is 22.6 Å². The summed E-state index contributed by atoms with van der Waals surface area (Å²) < 4.78 is 5.39. The van der Waals surface area contributed by atoms with E-state index in [0.717, 1.165) is 11.3 Å². The van der Waals surface area contributed by atoms with Crippen LogP contribution >= 0.6 is 0 Å². The number of carbonyl (C=O) groups excluding carboxylic acids is 2. The molecular formula is C23H23N5O4. The first-order valence-electron chi connectivity index (χ1n) is 10.2. The van der Waals surface area contributed by atoms with Gasteiger partial charge in [0.15, 0.2) is 0 Å². The molecule has 3 aromatic rings. The highest BCUT2D eigenvalue weighted by atomic mass is 16.5. The van der Waals surface area contributed by atoms with Crippen LogP contribution in [0.15, 0.2) is 53.3 Å². The summed E-state index contributed by atoms with van der Waals surface area (Å²) in [6.07, 6.45) is -0.147. The third-order valence-electron chi connectivity index (χ3n) is 5.01. The molecule has 1 aliphatic rings. The predicted molar refractivity (Wildman–Crippen MR) is 122 cm³/mol. The number of nitrogens with zero attached hydrogens (tertiary/aromatic N) is 1. The second-order valence-corrected chi connectivity index (χ2v) is 7.42. The van der Waals surface area contributed by atoms with Crippen LogP contribution in [0.5, 0.6) is 5.75 Å². The van der Waals surface area contributed by atoms with E-state index in [2.05, 4.69) is 25.9 Å². The van der Waals surface area contributed by atoms with E-state index in [1.54, 1.807) is 24.3 Å². The number of rotatable bonds is 6. The van der Waals surface area contributed by atoms with E-state index in [1.165, 1.54) is 0 Å². The van der Waals surface area contributed by atoms with Gasteiger partial charge in [-0.05, 0) is 50.2 Å². The molecule has 9 nitrogen and oxygen atoms in total. The van der Waals surface area contributed by atoms with Gasteiger partial charge in [-0.1, -0.05) is 17.7 Å². The number of hydrogen-bond acceptors (Lipinski definition) is 6. The van der Waals surface area contributed by atoms with Crippen molar-refractivity contribution in [1.82, 2.24) is 9.97 Å². The summed E-state index contributed by atoms with van der Waals surface area (Å²) >= 11 is 0. The van der Waals surface area contributed by atoms with Gasteiger partial charge in [0.05, 0.1) is 18.1 Å².